The van der Waals surface area contributed by atoms with Gasteiger partial charge < -0.3 is 14.2 Å². The lowest BCUT2D eigenvalue weighted by atomic mass is 9.94. The average Bonchev–Trinajstić information content (AvgIpc) is 2.81. The Morgan fingerprint density at radius 1 is 0.906 bits per heavy atom. The summed E-state index contributed by atoms with van der Waals surface area (Å²) in [6.07, 6.45) is 1.85. The quantitative estimate of drug-likeness (QED) is 0.325. The van der Waals surface area contributed by atoms with Crippen molar-refractivity contribution >= 4 is 17.3 Å². The Hall–Kier alpha value is -3.63. The van der Waals surface area contributed by atoms with Gasteiger partial charge >= 0.3 is 5.97 Å². The van der Waals surface area contributed by atoms with Crippen LogP contribution in [0.5, 0.6) is 0 Å². The fraction of sp³-hybridized carbons (Fsp3) is 0.318. The van der Waals surface area contributed by atoms with Crippen LogP contribution in [0.1, 0.15) is 24.0 Å². The highest BCUT2D eigenvalue weighted by Crippen LogP contribution is 2.26. The Morgan fingerprint density at radius 3 is 1.88 bits per heavy atom. The van der Waals surface area contributed by atoms with E-state index >= 15 is 0 Å². The zero-order valence-corrected chi connectivity index (χ0v) is 17.3. The van der Waals surface area contributed by atoms with E-state index in [9.17, 15) is 25.0 Å². The van der Waals surface area contributed by atoms with Gasteiger partial charge in [0.2, 0.25) is 0 Å². The van der Waals surface area contributed by atoms with Crippen molar-refractivity contribution in [2.45, 2.75) is 38.3 Å². The normalized spacial score (nSPS) is 18.0. The van der Waals surface area contributed by atoms with E-state index in [1.54, 1.807) is 30.3 Å². The van der Waals surface area contributed by atoms with E-state index in [-0.39, 0.29) is 30.7 Å². The van der Waals surface area contributed by atoms with E-state index in [1.165, 1.54) is 31.4 Å². The zero-order valence-electron chi connectivity index (χ0n) is 17.3. The Labute approximate surface area is 183 Å². The topological polar surface area (TPSA) is 131 Å². The second kappa shape index (κ2) is 10.6. The lowest BCUT2D eigenvalue weighted by Gasteiger charge is -2.28. The molecule has 2 atom stereocenters. The number of non-ortho nitro benzene ring substituents is 2. The Balaban J connectivity index is 1.61. The van der Waals surface area contributed by atoms with Gasteiger partial charge in [0.25, 0.3) is 11.4 Å². The van der Waals surface area contributed by atoms with Gasteiger partial charge in [-0.1, -0.05) is 0 Å². The van der Waals surface area contributed by atoms with Crippen molar-refractivity contribution in [2.75, 3.05) is 7.11 Å². The number of nitro benzene ring substituents is 2. The van der Waals surface area contributed by atoms with Gasteiger partial charge in [-0.25, -0.2) is 4.79 Å². The molecule has 0 heterocycles. The van der Waals surface area contributed by atoms with Gasteiger partial charge in [-0.15, -0.1) is 0 Å². The van der Waals surface area contributed by atoms with Crippen LogP contribution >= 0.6 is 0 Å². The molecule has 0 aliphatic heterocycles. The fourth-order valence-corrected chi connectivity index (χ4v) is 3.32. The van der Waals surface area contributed by atoms with Gasteiger partial charge in [0.05, 0.1) is 42.4 Å². The molecule has 2 aromatic carbocycles. The lowest BCUT2D eigenvalue weighted by molar-refractivity contribution is -0.385. The number of hydrogen-bond acceptors (Lipinski definition) is 8. The number of rotatable bonds is 9. The monoisotopic (exact) mass is 442 g/mol. The highest BCUT2D eigenvalue weighted by atomic mass is 16.6. The minimum Gasteiger partial charge on any atom is -0.466 e. The molecular formula is C22H22N2O8. The van der Waals surface area contributed by atoms with Crippen molar-refractivity contribution in [2.24, 2.45) is 0 Å². The molecule has 0 saturated heterocycles. The molecule has 0 aromatic heterocycles. The second-order valence-corrected chi connectivity index (χ2v) is 7.25. The van der Waals surface area contributed by atoms with Crippen LogP contribution in [0, 0.1) is 20.2 Å². The Morgan fingerprint density at radius 2 is 1.41 bits per heavy atom. The molecule has 1 aliphatic carbocycles. The summed E-state index contributed by atoms with van der Waals surface area (Å²) in [5, 5.41) is 21.5. The SMILES string of the molecule is COC(=O)C1=C[C@H](OCc2ccc([N+](=O)[O-])cc2)C[C@@H](OCc2ccc([N+](=O)[O-])cc2)C1. The minimum atomic E-state index is -0.468. The van der Waals surface area contributed by atoms with E-state index in [0.29, 0.717) is 18.4 Å². The molecule has 0 fully saturated rings. The predicted octanol–water partition coefficient (Wildman–Crippen LogP) is 3.87. The summed E-state index contributed by atoms with van der Waals surface area (Å²) >= 11 is 0. The largest absolute Gasteiger partial charge is 0.466 e. The number of hydrogen-bond donors (Lipinski definition) is 0. The predicted molar refractivity (Wildman–Crippen MR) is 113 cm³/mol. The first-order valence-electron chi connectivity index (χ1n) is 9.84. The molecule has 0 N–H and O–H groups in total. The van der Waals surface area contributed by atoms with E-state index in [1.807, 2.05) is 0 Å². The van der Waals surface area contributed by atoms with Gasteiger partial charge in [0.1, 0.15) is 0 Å². The van der Waals surface area contributed by atoms with Crippen molar-refractivity contribution in [3.05, 3.63) is 91.5 Å². The molecular weight excluding hydrogens is 420 g/mol. The van der Waals surface area contributed by atoms with Gasteiger partial charge in [-0.2, -0.15) is 0 Å². The van der Waals surface area contributed by atoms with Crippen LogP contribution in [0.15, 0.2) is 60.2 Å². The summed E-state index contributed by atoms with van der Waals surface area (Å²) in [6, 6.07) is 12.1. The van der Waals surface area contributed by atoms with Crippen molar-refractivity contribution in [1.29, 1.82) is 0 Å². The maximum atomic E-state index is 12.1. The maximum absolute atomic E-state index is 12.1. The third kappa shape index (κ3) is 6.19. The first-order chi connectivity index (χ1) is 15.4. The third-order valence-electron chi connectivity index (χ3n) is 5.02. The van der Waals surface area contributed by atoms with Gasteiger partial charge in [0.15, 0.2) is 0 Å². The number of nitro groups is 2. The number of esters is 1. The molecule has 10 heteroatoms. The zero-order chi connectivity index (χ0) is 23.1. The first kappa shape index (κ1) is 23.0. The van der Waals surface area contributed by atoms with Gasteiger partial charge in [-0.3, -0.25) is 20.2 Å². The summed E-state index contributed by atoms with van der Waals surface area (Å²) in [6.45, 7) is 0.439. The number of benzene rings is 2. The summed E-state index contributed by atoms with van der Waals surface area (Å²) in [7, 11) is 1.30. The maximum Gasteiger partial charge on any atom is 0.333 e. The summed E-state index contributed by atoms with van der Waals surface area (Å²) in [5.74, 6) is -0.461. The first-order valence-corrected chi connectivity index (χ1v) is 9.84. The Bertz CT molecular complexity index is 1000. The molecule has 0 spiro atoms. The molecule has 32 heavy (non-hydrogen) atoms. The summed E-state index contributed by atoms with van der Waals surface area (Å²) < 4.78 is 16.7. The number of nitrogens with zero attached hydrogens (tertiary/aromatic N) is 2. The molecule has 0 radical (unpaired) electrons. The molecule has 2 aromatic rings. The molecule has 3 rings (SSSR count). The van der Waals surface area contributed by atoms with E-state index < -0.39 is 21.9 Å². The number of carbonyl (C=O) groups excluding carboxylic acids is 1. The highest BCUT2D eigenvalue weighted by Gasteiger charge is 2.27. The fourth-order valence-electron chi connectivity index (χ4n) is 3.32. The molecule has 0 bridgehead atoms. The van der Waals surface area contributed by atoms with Crippen molar-refractivity contribution in [1.82, 2.24) is 0 Å². The standard InChI is InChI=1S/C22H22N2O8/c1-30-22(25)17-10-20(31-13-15-2-6-18(7-3-15)23(26)27)12-21(11-17)32-14-16-4-8-19(9-5-16)24(28)29/h2-10,20-21H,11-14H2,1H3/t20-,21-/m0/s1. The molecule has 168 valence electrons. The van der Waals surface area contributed by atoms with Crippen molar-refractivity contribution in [3.8, 4) is 0 Å². The smallest absolute Gasteiger partial charge is 0.333 e. The third-order valence-corrected chi connectivity index (χ3v) is 5.02. The molecule has 1 aliphatic rings. The van der Waals surface area contributed by atoms with Crippen LogP contribution in [0.25, 0.3) is 0 Å². The molecule has 0 saturated carbocycles. The molecule has 0 amide bonds. The van der Waals surface area contributed by atoms with Crippen LogP contribution in [0.4, 0.5) is 11.4 Å². The van der Waals surface area contributed by atoms with E-state index in [2.05, 4.69) is 0 Å². The van der Waals surface area contributed by atoms with Crippen molar-refractivity contribution in [3.63, 3.8) is 0 Å². The van der Waals surface area contributed by atoms with Crippen LogP contribution in [-0.2, 0) is 32.2 Å². The van der Waals surface area contributed by atoms with Crippen LogP contribution < -0.4 is 0 Å². The number of carbonyl (C=O) groups is 1. The average molecular weight is 442 g/mol. The van der Waals surface area contributed by atoms with Crippen molar-refractivity contribution < 1.29 is 28.9 Å². The van der Waals surface area contributed by atoms with Crippen LogP contribution in [0.3, 0.4) is 0 Å². The van der Waals surface area contributed by atoms with Crippen LogP contribution in [0.2, 0.25) is 0 Å². The number of ether oxygens (including phenoxy) is 3. The highest BCUT2D eigenvalue weighted by molar-refractivity contribution is 5.88. The second-order valence-electron chi connectivity index (χ2n) is 7.25. The Kier molecular flexibility index (Phi) is 7.63. The molecule has 0 unspecified atom stereocenters. The summed E-state index contributed by atoms with van der Waals surface area (Å²) in [5.41, 5.74) is 1.98. The van der Waals surface area contributed by atoms with Crippen LogP contribution in [-0.4, -0.2) is 35.1 Å². The van der Waals surface area contributed by atoms with Gasteiger partial charge in [0, 0.05) is 42.7 Å². The molecule has 10 nitrogen and oxygen atoms in total. The lowest BCUT2D eigenvalue weighted by Crippen LogP contribution is -2.29. The van der Waals surface area contributed by atoms with Gasteiger partial charge in [-0.05, 0) is 41.5 Å². The number of methoxy groups -OCH3 is 1. The van der Waals surface area contributed by atoms with E-state index in [0.717, 1.165) is 11.1 Å². The van der Waals surface area contributed by atoms with E-state index in [4.69, 9.17) is 14.2 Å². The minimum absolute atomic E-state index is 0.000928. The summed E-state index contributed by atoms with van der Waals surface area (Å²) in [4.78, 5) is 32.7.